The molecule has 0 atom stereocenters. The highest BCUT2D eigenvalue weighted by Gasteiger charge is 2.41. The van der Waals surface area contributed by atoms with Crippen LogP contribution in [0.4, 0.5) is 0 Å². The number of carbonyl (C=O) groups excluding carboxylic acids is 2. The zero-order valence-electron chi connectivity index (χ0n) is 16.1. The van der Waals surface area contributed by atoms with Crippen molar-refractivity contribution < 1.29 is 9.59 Å². The molecule has 0 spiro atoms. The number of hydrogen-bond donors (Lipinski definition) is 0. The third-order valence-electron chi connectivity index (χ3n) is 4.77. The summed E-state index contributed by atoms with van der Waals surface area (Å²) in [6.45, 7) is 6.89. The normalized spacial score (nSPS) is 14.0. The largest absolute Gasteiger partial charge is 0.366 e. The second-order valence-electron chi connectivity index (χ2n) is 6.54. The SMILES string of the molecule is C=CCN1C(=O)C(c2ccc(Cl)cc2Cl)=C(N(CC)CCc2ccncc2)C1=O. The minimum Gasteiger partial charge on any atom is -0.366 e. The van der Waals surface area contributed by atoms with Crippen LogP contribution in [0.25, 0.3) is 5.57 Å². The Morgan fingerprint density at radius 2 is 1.86 bits per heavy atom. The highest BCUT2D eigenvalue weighted by molar-refractivity contribution is 6.41. The van der Waals surface area contributed by atoms with E-state index in [1.54, 1.807) is 30.6 Å². The Hall–Kier alpha value is -2.63. The number of halogens is 2. The Morgan fingerprint density at radius 1 is 1.14 bits per heavy atom. The van der Waals surface area contributed by atoms with Gasteiger partial charge in [0.1, 0.15) is 5.70 Å². The van der Waals surface area contributed by atoms with Gasteiger partial charge in [0.2, 0.25) is 0 Å². The first-order chi connectivity index (χ1) is 14.0. The van der Waals surface area contributed by atoms with Crippen molar-refractivity contribution in [3.63, 3.8) is 0 Å². The van der Waals surface area contributed by atoms with Gasteiger partial charge in [0.25, 0.3) is 11.8 Å². The zero-order valence-corrected chi connectivity index (χ0v) is 17.6. The third kappa shape index (κ3) is 4.36. The Morgan fingerprint density at radius 3 is 2.48 bits per heavy atom. The van der Waals surface area contributed by atoms with Crippen LogP contribution in [-0.2, 0) is 16.0 Å². The predicted molar refractivity (Wildman–Crippen MR) is 115 cm³/mol. The summed E-state index contributed by atoms with van der Waals surface area (Å²) in [5.41, 5.74) is 2.26. The predicted octanol–water partition coefficient (Wildman–Crippen LogP) is 4.22. The van der Waals surface area contributed by atoms with Gasteiger partial charge in [-0.3, -0.25) is 19.5 Å². The van der Waals surface area contributed by atoms with E-state index in [0.717, 1.165) is 5.56 Å². The molecule has 1 aromatic carbocycles. The summed E-state index contributed by atoms with van der Waals surface area (Å²) in [7, 11) is 0. The first-order valence-electron chi connectivity index (χ1n) is 9.28. The van der Waals surface area contributed by atoms with Gasteiger partial charge in [0.05, 0.1) is 10.6 Å². The zero-order chi connectivity index (χ0) is 21.0. The van der Waals surface area contributed by atoms with Crippen molar-refractivity contribution in [2.24, 2.45) is 0 Å². The van der Waals surface area contributed by atoms with Gasteiger partial charge < -0.3 is 4.90 Å². The number of aromatic nitrogens is 1. The first kappa shape index (κ1) is 21.1. The molecule has 2 heterocycles. The molecule has 0 N–H and O–H groups in total. The maximum atomic E-state index is 13.2. The van der Waals surface area contributed by atoms with E-state index in [1.807, 2.05) is 24.0 Å². The lowest BCUT2D eigenvalue weighted by Crippen LogP contribution is -2.36. The standard InChI is InChI=1S/C22H21Cl2N3O2/c1-3-12-27-21(28)19(17-6-5-16(23)14-18(17)24)20(22(27)29)26(4-2)13-9-15-7-10-25-11-8-15/h3,5-8,10-11,14H,1,4,9,12-13H2,2H3. The number of likely N-dealkylation sites (N-methyl/N-ethyl adjacent to an activating group) is 1. The number of nitrogens with zero attached hydrogens (tertiary/aromatic N) is 3. The lowest BCUT2D eigenvalue weighted by atomic mass is 10.0. The van der Waals surface area contributed by atoms with Crippen molar-refractivity contribution in [3.05, 3.63) is 82.2 Å². The van der Waals surface area contributed by atoms with Crippen LogP contribution in [0.1, 0.15) is 18.1 Å². The minimum atomic E-state index is -0.378. The van der Waals surface area contributed by atoms with Crippen LogP contribution in [0.15, 0.2) is 61.1 Å². The Kier molecular flexibility index (Phi) is 6.72. The molecule has 2 amide bonds. The lowest BCUT2D eigenvalue weighted by molar-refractivity contribution is -0.136. The molecule has 0 radical (unpaired) electrons. The van der Waals surface area contributed by atoms with Crippen molar-refractivity contribution >= 4 is 40.6 Å². The molecule has 7 heteroatoms. The van der Waals surface area contributed by atoms with Crippen LogP contribution in [0.5, 0.6) is 0 Å². The van der Waals surface area contributed by atoms with Gasteiger partial charge in [-0.2, -0.15) is 0 Å². The molecule has 3 rings (SSSR count). The van der Waals surface area contributed by atoms with Crippen molar-refractivity contribution in [1.29, 1.82) is 0 Å². The Bertz CT molecular complexity index is 973. The highest BCUT2D eigenvalue weighted by atomic mass is 35.5. The molecule has 1 aliphatic rings. The molecule has 0 bridgehead atoms. The molecule has 2 aromatic rings. The van der Waals surface area contributed by atoms with E-state index >= 15 is 0 Å². The number of pyridine rings is 1. The summed E-state index contributed by atoms with van der Waals surface area (Å²) >= 11 is 12.4. The molecule has 0 fully saturated rings. The fourth-order valence-electron chi connectivity index (χ4n) is 3.33. The molecule has 0 aliphatic carbocycles. The molecular formula is C22H21Cl2N3O2. The monoisotopic (exact) mass is 429 g/mol. The maximum absolute atomic E-state index is 13.2. The highest BCUT2D eigenvalue weighted by Crippen LogP contribution is 2.36. The van der Waals surface area contributed by atoms with Gasteiger partial charge >= 0.3 is 0 Å². The van der Waals surface area contributed by atoms with Gasteiger partial charge in [-0.1, -0.05) is 35.3 Å². The van der Waals surface area contributed by atoms with E-state index in [9.17, 15) is 9.59 Å². The summed E-state index contributed by atoms with van der Waals surface area (Å²) in [4.78, 5) is 33.4. The second kappa shape index (κ2) is 9.25. The summed E-state index contributed by atoms with van der Waals surface area (Å²) < 4.78 is 0. The quantitative estimate of drug-likeness (QED) is 0.465. The third-order valence-corrected chi connectivity index (χ3v) is 5.32. The van der Waals surface area contributed by atoms with E-state index in [1.165, 1.54) is 11.0 Å². The average molecular weight is 430 g/mol. The van der Waals surface area contributed by atoms with Gasteiger partial charge in [-0.15, -0.1) is 6.58 Å². The Balaban J connectivity index is 2.04. The molecule has 1 aromatic heterocycles. The number of imide groups is 1. The van der Waals surface area contributed by atoms with Crippen molar-refractivity contribution in [1.82, 2.24) is 14.8 Å². The average Bonchev–Trinajstić information content (AvgIpc) is 2.95. The van der Waals surface area contributed by atoms with Crippen molar-refractivity contribution in [2.45, 2.75) is 13.3 Å². The number of rotatable bonds is 8. The van der Waals surface area contributed by atoms with E-state index in [2.05, 4.69) is 11.6 Å². The number of benzene rings is 1. The molecule has 5 nitrogen and oxygen atoms in total. The summed E-state index contributed by atoms with van der Waals surface area (Å²) in [5.74, 6) is -0.719. The van der Waals surface area contributed by atoms with Crippen LogP contribution >= 0.6 is 23.2 Å². The topological polar surface area (TPSA) is 53.5 Å². The summed E-state index contributed by atoms with van der Waals surface area (Å²) in [5, 5.41) is 0.794. The molecule has 0 saturated carbocycles. The van der Waals surface area contributed by atoms with Gasteiger partial charge in [0, 0.05) is 42.6 Å². The van der Waals surface area contributed by atoms with Gasteiger partial charge in [0.15, 0.2) is 0 Å². The maximum Gasteiger partial charge on any atom is 0.278 e. The van der Waals surface area contributed by atoms with E-state index in [4.69, 9.17) is 23.2 Å². The van der Waals surface area contributed by atoms with Crippen LogP contribution < -0.4 is 0 Å². The van der Waals surface area contributed by atoms with Crippen molar-refractivity contribution in [2.75, 3.05) is 19.6 Å². The molecule has 29 heavy (non-hydrogen) atoms. The first-order valence-corrected chi connectivity index (χ1v) is 10.0. The van der Waals surface area contributed by atoms with E-state index < -0.39 is 0 Å². The summed E-state index contributed by atoms with van der Waals surface area (Å²) in [6, 6.07) is 8.79. The van der Waals surface area contributed by atoms with E-state index in [0.29, 0.717) is 46.4 Å². The number of hydrogen-bond acceptors (Lipinski definition) is 4. The molecule has 0 saturated heterocycles. The van der Waals surface area contributed by atoms with Crippen LogP contribution in [0.2, 0.25) is 10.0 Å². The molecule has 0 unspecified atom stereocenters. The fraction of sp³-hybridized carbons (Fsp3) is 0.227. The van der Waals surface area contributed by atoms with Crippen LogP contribution in [0, 0.1) is 0 Å². The smallest absolute Gasteiger partial charge is 0.278 e. The molecule has 1 aliphatic heterocycles. The lowest BCUT2D eigenvalue weighted by Gasteiger charge is -2.24. The van der Waals surface area contributed by atoms with Crippen LogP contribution in [-0.4, -0.2) is 46.2 Å². The Labute approximate surface area is 180 Å². The van der Waals surface area contributed by atoms with Crippen molar-refractivity contribution in [3.8, 4) is 0 Å². The van der Waals surface area contributed by atoms with E-state index in [-0.39, 0.29) is 18.4 Å². The fourth-order valence-corrected chi connectivity index (χ4v) is 3.83. The summed E-state index contributed by atoms with van der Waals surface area (Å²) in [6.07, 6.45) is 5.72. The number of carbonyl (C=O) groups is 2. The minimum absolute atomic E-state index is 0.137. The number of amides is 2. The van der Waals surface area contributed by atoms with Gasteiger partial charge in [-0.25, -0.2) is 0 Å². The van der Waals surface area contributed by atoms with Crippen LogP contribution in [0.3, 0.4) is 0 Å². The second-order valence-corrected chi connectivity index (χ2v) is 7.39. The van der Waals surface area contributed by atoms with Gasteiger partial charge in [-0.05, 0) is 43.2 Å². The molecular weight excluding hydrogens is 409 g/mol. The molecule has 150 valence electrons.